The van der Waals surface area contributed by atoms with Crippen molar-refractivity contribution in [2.75, 3.05) is 23.7 Å². The Morgan fingerprint density at radius 2 is 2.00 bits per heavy atom. The summed E-state index contributed by atoms with van der Waals surface area (Å²) in [5, 5.41) is 2.23. The van der Waals surface area contributed by atoms with Crippen molar-refractivity contribution in [3.8, 4) is 0 Å². The van der Waals surface area contributed by atoms with Gasteiger partial charge in [-0.05, 0) is 43.9 Å². The smallest absolute Gasteiger partial charge is 0.190 e. The Labute approximate surface area is 158 Å². The Morgan fingerprint density at radius 3 is 2.72 bits per heavy atom. The number of rotatable bonds is 4. The quantitative estimate of drug-likeness (QED) is 0.551. The molecule has 0 spiro atoms. The lowest BCUT2D eigenvalue weighted by Gasteiger charge is -2.34. The summed E-state index contributed by atoms with van der Waals surface area (Å²) < 4.78 is 6.18. The number of nitrogens with zero attached hydrogens (tertiary/aromatic N) is 3. The van der Waals surface area contributed by atoms with Gasteiger partial charge in [-0.25, -0.2) is 9.97 Å². The van der Waals surface area contributed by atoms with Crippen LogP contribution in [0.15, 0.2) is 5.16 Å². The Bertz CT molecular complexity index is 770. The minimum absolute atomic E-state index is 0.0585. The van der Waals surface area contributed by atoms with Gasteiger partial charge >= 0.3 is 0 Å². The van der Waals surface area contributed by atoms with E-state index in [1.165, 1.54) is 40.9 Å². The zero-order valence-electron chi connectivity index (χ0n) is 15.4. The molecule has 4 heterocycles. The van der Waals surface area contributed by atoms with Gasteiger partial charge in [-0.15, -0.1) is 11.3 Å². The van der Waals surface area contributed by atoms with E-state index in [1.807, 2.05) is 11.3 Å². The first-order valence-corrected chi connectivity index (χ1v) is 11.3. The van der Waals surface area contributed by atoms with E-state index in [9.17, 15) is 0 Å². The lowest BCUT2D eigenvalue weighted by molar-refractivity contribution is -0.0543. The van der Waals surface area contributed by atoms with E-state index in [0.717, 1.165) is 48.3 Å². The molecule has 0 unspecified atom stereocenters. The minimum atomic E-state index is -0.0585. The van der Waals surface area contributed by atoms with Crippen LogP contribution in [-0.4, -0.2) is 34.4 Å². The van der Waals surface area contributed by atoms with Crippen LogP contribution in [0.1, 0.15) is 56.9 Å². The molecule has 0 aliphatic carbocycles. The molecule has 2 aliphatic rings. The van der Waals surface area contributed by atoms with Crippen LogP contribution in [0.4, 0.5) is 5.82 Å². The fourth-order valence-electron chi connectivity index (χ4n) is 3.79. The van der Waals surface area contributed by atoms with E-state index in [1.54, 1.807) is 11.8 Å². The Balaban J connectivity index is 1.86. The highest BCUT2D eigenvalue weighted by Crippen LogP contribution is 2.43. The van der Waals surface area contributed by atoms with Crippen molar-refractivity contribution in [1.29, 1.82) is 0 Å². The molecule has 4 rings (SSSR count). The van der Waals surface area contributed by atoms with Gasteiger partial charge in [0.1, 0.15) is 10.6 Å². The largest absolute Gasteiger partial charge is 0.369 e. The third kappa shape index (κ3) is 3.28. The van der Waals surface area contributed by atoms with Crippen LogP contribution in [0.3, 0.4) is 0 Å². The monoisotopic (exact) mass is 377 g/mol. The lowest BCUT2D eigenvalue weighted by atomic mass is 9.90. The van der Waals surface area contributed by atoms with Gasteiger partial charge in [-0.2, -0.15) is 0 Å². The summed E-state index contributed by atoms with van der Waals surface area (Å²) in [6.45, 7) is 9.58. The second-order valence-electron chi connectivity index (χ2n) is 7.26. The summed E-state index contributed by atoms with van der Waals surface area (Å²) in [4.78, 5) is 14.9. The summed E-state index contributed by atoms with van der Waals surface area (Å²) in [5.74, 6) is 2.19. The van der Waals surface area contributed by atoms with Crippen LogP contribution >= 0.6 is 23.1 Å². The van der Waals surface area contributed by atoms with E-state index in [-0.39, 0.29) is 5.60 Å². The number of ether oxygens (including phenoxy) is 1. The highest BCUT2D eigenvalue weighted by molar-refractivity contribution is 7.99. The molecule has 25 heavy (non-hydrogen) atoms. The average Bonchev–Trinajstić information content (AvgIpc) is 2.99. The molecular formula is C19H27N3OS2. The maximum Gasteiger partial charge on any atom is 0.190 e. The van der Waals surface area contributed by atoms with Gasteiger partial charge in [-0.1, -0.05) is 25.6 Å². The van der Waals surface area contributed by atoms with Gasteiger partial charge in [0.2, 0.25) is 0 Å². The minimum Gasteiger partial charge on any atom is -0.369 e. The fourth-order valence-corrected chi connectivity index (χ4v) is 5.51. The molecule has 0 bridgehead atoms. The summed E-state index contributed by atoms with van der Waals surface area (Å²) >= 11 is 3.56. The molecule has 2 aromatic heterocycles. The Hall–Kier alpha value is -0.850. The molecule has 1 fully saturated rings. The van der Waals surface area contributed by atoms with Crippen molar-refractivity contribution >= 4 is 39.1 Å². The Kier molecular flexibility index (Phi) is 4.95. The number of fused-ring (bicyclic) bond motifs is 3. The van der Waals surface area contributed by atoms with Crippen molar-refractivity contribution in [3.05, 3.63) is 10.4 Å². The standard InChI is InChI=1S/C19H27N3OS2/c1-4-19(3)11-13-14(12-23-19)25-17-15(13)16(20-18(21-17)24-5-2)22-9-7-6-8-10-22/h4-12H2,1-3H3/t19-/m1/s1. The number of hydrogen-bond donors (Lipinski definition) is 0. The third-order valence-electron chi connectivity index (χ3n) is 5.47. The molecular weight excluding hydrogens is 350 g/mol. The predicted molar refractivity (Wildman–Crippen MR) is 107 cm³/mol. The van der Waals surface area contributed by atoms with E-state index in [0.29, 0.717) is 0 Å². The summed E-state index contributed by atoms with van der Waals surface area (Å²) in [6, 6.07) is 0. The van der Waals surface area contributed by atoms with Crippen LogP contribution in [-0.2, 0) is 17.8 Å². The van der Waals surface area contributed by atoms with Crippen molar-refractivity contribution < 1.29 is 4.74 Å². The number of aromatic nitrogens is 2. The van der Waals surface area contributed by atoms with Gasteiger partial charge in [-0.3, -0.25) is 0 Å². The molecule has 0 radical (unpaired) electrons. The maximum atomic E-state index is 6.18. The SMILES string of the molecule is CCSc1nc(N2CCCCC2)c2c3c(sc2n1)CO[C@](C)(CC)C3. The zero-order chi connectivity index (χ0) is 17.4. The van der Waals surface area contributed by atoms with Gasteiger partial charge in [0.25, 0.3) is 0 Å². The summed E-state index contributed by atoms with van der Waals surface area (Å²) in [7, 11) is 0. The second-order valence-corrected chi connectivity index (χ2v) is 9.58. The third-order valence-corrected chi connectivity index (χ3v) is 7.30. The molecule has 1 atom stereocenters. The van der Waals surface area contributed by atoms with Crippen LogP contribution in [0.25, 0.3) is 10.2 Å². The van der Waals surface area contributed by atoms with Crippen molar-refractivity contribution in [2.45, 2.75) is 70.2 Å². The van der Waals surface area contributed by atoms with Crippen molar-refractivity contribution in [1.82, 2.24) is 9.97 Å². The first-order chi connectivity index (χ1) is 12.1. The van der Waals surface area contributed by atoms with Gasteiger partial charge in [0.15, 0.2) is 5.16 Å². The summed E-state index contributed by atoms with van der Waals surface area (Å²) in [6.07, 6.45) is 5.88. The van der Waals surface area contributed by atoms with Crippen LogP contribution in [0.2, 0.25) is 0 Å². The second kappa shape index (κ2) is 7.05. The molecule has 0 N–H and O–H groups in total. The van der Waals surface area contributed by atoms with E-state index in [4.69, 9.17) is 14.7 Å². The number of piperidine rings is 1. The maximum absolute atomic E-state index is 6.18. The first-order valence-electron chi connectivity index (χ1n) is 9.47. The molecule has 2 aliphatic heterocycles. The highest BCUT2D eigenvalue weighted by atomic mass is 32.2. The molecule has 0 amide bonds. The molecule has 0 aromatic carbocycles. The first kappa shape index (κ1) is 17.6. The molecule has 4 nitrogen and oxygen atoms in total. The average molecular weight is 378 g/mol. The molecule has 0 saturated carbocycles. The zero-order valence-corrected chi connectivity index (χ0v) is 17.1. The van der Waals surface area contributed by atoms with Gasteiger partial charge in [0, 0.05) is 24.4 Å². The van der Waals surface area contributed by atoms with Crippen LogP contribution in [0.5, 0.6) is 0 Å². The van der Waals surface area contributed by atoms with E-state index in [2.05, 4.69) is 25.7 Å². The van der Waals surface area contributed by atoms with Crippen molar-refractivity contribution in [2.24, 2.45) is 0 Å². The number of anilines is 1. The number of thioether (sulfide) groups is 1. The molecule has 136 valence electrons. The van der Waals surface area contributed by atoms with Gasteiger partial charge in [0.05, 0.1) is 17.6 Å². The topological polar surface area (TPSA) is 38.2 Å². The van der Waals surface area contributed by atoms with Crippen LogP contribution < -0.4 is 4.90 Å². The fraction of sp³-hybridized carbons (Fsp3) is 0.684. The van der Waals surface area contributed by atoms with E-state index >= 15 is 0 Å². The van der Waals surface area contributed by atoms with Crippen LogP contribution in [0, 0.1) is 0 Å². The normalized spacial score (nSPS) is 23.9. The van der Waals surface area contributed by atoms with Crippen molar-refractivity contribution in [3.63, 3.8) is 0 Å². The summed E-state index contributed by atoms with van der Waals surface area (Å²) in [5.41, 5.74) is 1.39. The predicted octanol–water partition coefficient (Wildman–Crippen LogP) is 5.04. The highest BCUT2D eigenvalue weighted by Gasteiger charge is 2.34. The molecule has 2 aromatic rings. The molecule has 1 saturated heterocycles. The number of thiophene rings is 1. The molecule has 6 heteroatoms. The van der Waals surface area contributed by atoms with Gasteiger partial charge < -0.3 is 9.64 Å². The Morgan fingerprint density at radius 1 is 1.20 bits per heavy atom. The van der Waals surface area contributed by atoms with E-state index < -0.39 is 0 Å². The number of hydrogen-bond acceptors (Lipinski definition) is 6. The lowest BCUT2D eigenvalue weighted by Crippen LogP contribution is -2.34.